The molecule has 0 saturated heterocycles. The molecular weight excluding hydrogens is 381 g/mol. The summed E-state index contributed by atoms with van der Waals surface area (Å²) in [5, 5.41) is 0.703. The molecule has 1 aliphatic heterocycles. The van der Waals surface area contributed by atoms with E-state index in [1.165, 1.54) is 18.2 Å². The number of hydrogen-bond donors (Lipinski definition) is 1. The fraction of sp³-hybridized carbons (Fsp3) is 0.143. The van der Waals surface area contributed by atoms with E-state index in [1.807, 2.05) is 24.3 Å². The zero-order chi connectivity index (χ0) is 19.8. The molecule has 5 nitrogen and oxygen atoms in total. The van der Waals surface area contributed by atoms with Crippen molar-refractivity contribution in [1.29, 1.82) is 0 Å². The summed E-state index contributed by atoms with van der Waals surface area (Å²) in [6.45, 7) is 1.79. The Bertz CT molecular complexity index is 1180. The highest BCUT2D eigenvalue weighted by Crippen LogP contribution is 2.44. The number of fused-ring (bicyclic) bond motifs is 3. The molecule has 142 valence electrons. The summed E-state index contributed by atoms with van der Waals surface area (Å²) in [5.74, 6) is -1.92. The van der Waals surface area contributed by atoms with Crippen LogP contribution in [0.25, 0.3) is 10.1 Å². The summed E-state index contributed by atoms with van der Waals surface area (Å²) in [6, 6.07) is 13.0. The Morgan fingerprint density at radius 3 is 2.79 bits per heavy atom. The molecular formula is C21H16FNO4S. The maximum Gasteiger partial charge on any atom is 0.340 e. The fourth-order valence-corrected chi connectivity index (χ4v) is 4.33. The van der Waals surface area contributed by atoms with Crippen LogP contribution in [0, 0.1) is 5.82 Å². The number of halogens is 1. The van der Waals surface area contributed by atoms with Crippen LogP contribution >= 0.6 is 11.3 Å². The molecule has 1 unspecified atom stereocenters. The first-order valence-electron chi connectivity index (χ1n) is 8.67. The lowest BCUT2D eigenvalue weighted by Gasteiger charge is -2.28. The molecule has 0 spiro atoms. The molecule has 0 amide bonds. The lowest BCUT2D eigenvalue weighted by molar-refractivity contribution is -0.139. The van der Waals surface area contributed by atoms with Gasteiger partial charge in [-0.3, -0.25) is 4.79 Å². The van der Waals surface area contributed by atoms with E-state index in [1.54, 1.807) is 13.0 Å². The number of rotatable bonds is 3. The Morgan fingerprint density at radius 1 is 1.25 bits per heavy atom. The van der Waals surface area contributed by atoms with Crippen molar-refractivity contribution in [2.75, 3.05) is 6.61 Å². The SMILES string of the molecule is CCOC(=O)C1=C(N)Oc2c(c(=O)sc3ccccc23)C1c1cccc(F)c1. The van der Waals surface area contributed by atoms with Crippen molar-refractivity contribution in [3.8, 4) is 5.75 Å². The van der Waals surface area contributed by atoms with Crippen molar-refractivity contribution in [3.05, 3.63) is 86.5 Å². The second-order valence-electron chi connectivity index (χ2n) is 6.22. The Kier molecular flexibility index (Phi) is 4.60. The van der Waals surface area contributed by atoms with Crippen molar-refractivity contribution in [1.82, 2.24) is 0 Å². The standard InChI is InChI=1S/C21H16FNO4S/c1-2-26-20(24)17-15(11-6-5-7-12(22)10-11)16-18(27-19(17)23)13-8-3-4-9-14(13)28-21(16)25/h3-10,15H,2,23H2,1H3. The third-order valence-electron chi connectivity index (χ3n) is 4.53. The lowest BCUT2D eigenvalue weighted by Crippen LogP contribution is -2.30. The van der Waals surface area contributed by atoms with Crippen LogP contribution in [0.1, 0.15) is 24.0 Å². The Hall–Kier alpha value is -3.19. The van der Waals surface area contributed by atoms with Crippen molar-refractivity contribution < 1.29 is 18.7 Å². The van der Waals surface area contributed by atoms with Crippen LogP contribution in [-0.4, -0.2) is 12.6 Å². The molecule has 7 heteroatoms. The molecule has 1 atom stereocenters. The number of hydrogen-bond acceptors (Lipinski definition) is 6. The second kappa shape index (κ2) is 7.09. The molecule has 2 aromatic carbocycles. The highest BCUT2D eigenvalue weighted by molar-refractivity contribution is 7.16. The van der Waals surface area contributed by atoms with Gasteiger partial charge in [0, 0.05) is 10.1 Å². The van der Waals surface area contributed by atoms with E-state index >= 15 is 0 Å². The molecule has 0 saturated carbocycles. The summed E-state index contributed by atoms with van der Waals surface area (Å²) in [7, 11) is 0. The average Bonchev–Trinajstić information content (AvgIpc) is 2.67. The van der Waals surface area contributed by atoms with Crippen LogP contribution in [0.3, 0.4) is 0 Å². The summed E-state index contributed by atoms with van der Waals surface area (Å²) >= 11 is 1.04. The molecule has 0 bridgehead atoms. The van der Waals surface area contributed by atoms with Crippen LogP contribution in [0.2, 0.25) is 0 Å². The third kappa shape index (κ3) is 2.93. The Morgan fingerprint density at radius 2 is 2.04 bits per heavy atom. The van der Waals surface area contributed by atoms with Gasteiger partial charge < -0.3 is 15.2 Å². The first-order chi connectivity index (χ1) is 13.5. The predicted molar refractivity (Wildman–Crippen MR) is 105 cm³/mol. The van der Waals surface area contributed by atoms with Gasteiger partial charge in [-0.1, -0.05) is 35.6 Å². The third-order valence-corrected chi connectivity index (χ3v) is 5.51. The maximum atomic E-state index is 14.0. The second-order valence-corrected chi connectivity index (χ2v) is 7.23. The van der Waals surface area contributed by atoms with Gasteiger partial charge >= 0.3 is 5.97 Å². The molecule has 2 heterocycles. The first-order valence-corrected chi connectivity index (χ1v) is 9.48. The predicted octanol–water partition coefficient (Wildman–Crippen LogP) is 3.66. The molecule has 4 rings (SSSR count). The smallest absolute Gasteiger partial charge is 0.340 e. The van der Waals surface area contributed by atoms with Crippen LogP contribution in [0.5, 0.6) is 5.75 Å². The normalized spacial score (nSPS) is 15.9. The van der Waals surface area contributed by atoms with Gasteiger partial charge in [-0.15, -0.1) is 0 Å². The van der Waals surface area contributed by atoms with Gasteiger partial charge in [-0.05, 0) is 36.8 Å². The topological polar surface area (TPSA) is 78.6 Å². The number of nitrogens with two attached hydrogens (primary N) is 1. The van der Waals surface area contributed by atoms with E-state index in [0.717, 1.165) is 16.0 Å². The molecule has 0 aliphatic carbocycles. The molecule has 0 fully saturated rings. The summed E-state index contributed by atoms with van der Waals surface area (Å²) in [5.41, 5.74) is 6.78. The maximum absolute atomic E-state index is 14.0. The average molecular weight is 397 g/mol. The minimum Gasteiger partial charge on any atom is -0.462 e. The quantitative estimate of drug-likeness (QED) is 0.683. The number of benzene rings is 2. The highest BCUT2D eigenvalue weighted by atomic mass is 32.1. The number of carbonyl (C=O) groups is 1. The van der Waals surface area contributed by atoms with Crippen LogP contribution in [0.4, 0.5) is 4.39 Å². The van der Waals surface area contributed by atoms with Crippen molar-refractivity contribution in [2.24, 2.45) is 5.73 Å². The lowest BCUT2D eigenvalue weighted by atomic mass is 9.83. The fourth-order valence-electron chi connectivity index (χ4n) is 3.39. The van der Waals surface area contributed by atoms with Gasteiger partial charge in [-0.2, -0.15) is 0 Å². The molecule has 0 radical (unpaired) electrons. The first kappa shape index (κ1) is 18.2. The minimum absolute atomic E-state index is 0.000434. The zero-order valence-corrected chi connectivity index (χ0v) is 15.7. The van der Waals surface area contributed by atoms with Crippen LogP contribution in [0.15, 0.2) is 64.8 Å². The van der Waals surface area contributed by atoms with E-state index in [2.05, 4.69) is 0 Å². The van der Waals surface area contributed by atoms with Crippen LogP contribution in [-0.2, 0) is 9.53 Å². The Balaban J connectivity index is 2.05. The van der Waals surface area contributed by atoms with Gasteiger partial charge in [0.15, 0.2) is 0 Å². The van der Waals surface area contributed by atoms with E-state index in [9.17, 15) is 14.0 Å². The molecule has 1 aromatic heterocycles. The van der Waals surface area contributed by atoms with E-state index in [4.69, 9.17) is 15.2 Å². The number of ether oxygens (including phenoxy) is 2. The summed E-state index contributed by atoms with van der Waals surface area (Å²) in [6.07, 6.45) is 0. The van der Waals surface area contributed by atoms with E-state index in [0.29, 0.717) is 16.7 Å². The van der Waals surface area contributed by atoms with Crippen molar-refractivity contribution in [2.45, 2.75) is 12.8 Å². The zero-order valence-electron chi connectivity index (χ0n) is 14.9. The number of esters is 1. The van der Waals surface area contributed by atoms with Gasteiger partial charge in [0.2, 0.25) is 10.6 Å². The summed E-state index contributed by atoms with van der Waals surface area (Å²) in [4.78, 5) is 25.6. The van der Waals surface area contributed by atoms with E-state index < -0.39 is 17.7 Å². The monoisotopic (exact) mass is 397 g/mol. The molecule has 1 aliphatic rings. The molecule has 3 aromatic rings. The highest BCUT2D eigenvalue weighted by Gasteiger charge is 2.38. The molecule has 2 N–H and O–H groups in total. The van der Waals surface area contributed by atoms with Gasteiger partial charge in [-0.25, -0.2) is 9.18 Å². The minimum atomic E-state index is -0.883. The van der Waals surface area contributed by atoms with Gasteiger partial charge in [0.05, 0.1) is 18.1 Å². The Labute approximate surface area is 163 Å². The van der Waals surface area contributed by atoms with Gasteiger partial charge in [0.1, 0.15) is 17.1 Å². The largest absolute Gasteiger partial charge is 0.462 e. The van der Waals surface area contributed by atoms with Crippen molar-refractivity contribution >= 4 is 27.4 Å². The summed E-state index contributed by atoms with van der Waals surface area (Å²) < 4.78 is 25.3. The van der Waals surface area contributed by atoms with E-state index in [-0.39, 0.29) is 28.4 Å². The molecule has 28 heavy (non-hydrogen) atoms. The van der Waals surface area contributed by atoms with Crippen LogP contribution < -0.4 is 15.2 Å². The van der Waals surface area contributed by atoms with Gasteiger partial charge in [0.25, 0.3) is 0 Å². The number of carbonyl (C=O) groups excluding carboxylic acids is 1. The van der Waals surface area contributed by atoms with Crippen molar-refractivity contribution in [3.63, 3.8) is 0 Å².